The average molecular weight is 475 g/mol. The fourth-order valence-corrected chi connectivity index (χ4v) is 3.39. The van der Waals surface area contributed by atoms with E-state index in [2.05, 4.69) is 10.1 Å². The standard InChI is InChI=1S/C22H23FN6O3.ClH/c23-12-16(13-24)14-29-22(31)28(15-25-29)20-3-1-2-19(26-20)17-4-6-18(7-5-17)21(30)27-8-10-32-11-9-27;/h1-7,12,15H,8-11,13-14,24H2;1H/b16-12+;. The molecule has 3 heterocycles. The van der Waals surface area contributed by atoms with E-state index < -0.39 is 5.69 Å². The lowest BCUT2D eigenvalue weighted by molar-refractivity contribution is 0.0303. The van der Waals surface area contributed by atoms with Crippen LogP contribution in [0, 0.1) is 0 Å². The van der Waals surface area contributed by atoms with Gasteiger partial charge in [-0.05, 0) is 29.8 Å². The van der Waals surface area contributed by atoms with E-state index in [0.717, 1.165) is 10.2 Å². The summed E-state index contributed by atoms with van der Waals surface area (Å²) < 4.78 is 20.5. The highest BCUT2D eigenvalue weighted by molar-refractivity contribution is 5.94. The Labute approximate surface area is 195 Å². The number of hydrogen-bond donors (Lipinski definition) is 1. The molecule has 9 nitrogen and oxygen atoms in total. The normalized spacial score (nSPS) is 14.1. The van der Waals surface area contributed by atoms with Gasteiger partial charge in [0.25, 0.3) is 5.91 Å². The second-order valence-corrected chi connectivity index (χ2v) is 7.28. The van der Waals surface area contributed by atoms with Gasteiger partial charge in [0.1, 0.15) is 12.1 Å². The number of amides is 1. The van der Waals surface area contributed by atoms with Gasteiger partial charge in [0.2, 0.25) is 0 Å². The van der Waals surface area contributed by atoms with Gasteiger partial charge in [-0.1, -0.05) is 18.2 Å². The smallest absolute Gasteiger partial charge is 0.351 e. The first-order valence-electron chi connectivity index (χ1n) is 10.2. The van der Waals surface area contributed by atoms with Crippen LogP contribution in [0.2, 0.25) is 0 Å². The monoisotopic (exact) mass is 474 g/mol. The maximum absolute atomic E-state index is 12.8. The van der Waals surface area contributed by atoms with E-state index in [1.807, 2.05) is 18.2 Å². The molecule has 0 saturated carbocycles. The molecular weight excluding hydrogens is 451 g/mol. The number of pyridine rings is 1. The number of morpholine rings is 1. The second-order valence-electron chi connectivity index (χ2n) is 7.28. The summed E-state index contributed by atoms with van der Waals surface area (Å²) in [5.41, 5.74) is 7.30. The highest BCUT2D eigenvalue weighted by Gasteiger charge is 2.18. The Bertz CT molecular complexity index is 1190. The fourth-order valence-electron chi connectivity index (χ4n) is 3.39. The highest BCUT2D eigenvalue weighted by atomic mass is 35.5. The molecule has 0 unspecified atom stereocenters. The maximum Gasteiger partial charge on any atom is 0.351 e. The molecule has 33 heavy (non-hydrogen) atoms. The van der Waals surface area contributed by atoms with E-state index in [1.54, 1.807) is 29.2 Å². The van der Waals surface area contributed by atoms with Gasteiger partial charge in [0.15, 0.2) is 0 Å². The molecule has 0 bridgehead atoms. The molecule has 1 aliphatic heterocycles. The third-order valence-corrected chi connectivity index (χ3v) is 5.21. The van der Waals surface area contributed by atoms with Crippen molar-refractivity contribution in [2.24, 2.45) is 5.73 Å². The topological polar surface area (TPSA) is 108 Å². The Kier molecular flexibility index (Phi) is 8.10. The Morgan fingerprint density at radius 1 is 1.15 bits per heavy atom. The van der Waals surface area contributed by atoms with Gasteiger partial charge in [0.05, 0.1) is 31.8 Å². The number of carbonyl (C=O) groups is 1. The minimum atomic E-state index is -0.450. The number of ether oxygens (including phenoxy) is 1. The van der Waals surface area contributed by atoms with Crippen molar-refractivity contribution in [3.8, 4) is 17.1 Å². The van der Waals surface area contributed by atoms with Gasteiger partial charge < -0.3 is 15.4 Å². The van der Waals surface area contributed by atoms with E-state index in [9.17, 15) is 14.0 Å². The summed E-state index contributed by atoms with van der Waals surface area (Å²) >= 11 is 0. The summed E-state index contributed by atoms with van der Waals surface area (Å²) in [5.74, 6) is 0.352. The van der Waals surface area contributed by atoms with Crippen molar-refractivity contribution >= 4 is 18.3 Å². The summed E-state index contributed by atoms with van der Waals surface area (Å²) in [4.78, 5) is 31.6. The number of hydrogen-bond acceptors (Lipinski definition) is 6. The zero-order chi connectivity index (χ0) is 22.5. The fraction of sp³-hybridized carbons (Fsp3) is 0.273. The van der Waals surface area contributed by atoms with Crippen molar-refractivity contribution in [3.05, 3.63) is 76.7 Å². The van der Waals surface area contributed by atoms with E-state index >= 15 is 0 Å². The summed E-state index contributed by atoms with van der Waals surface area (Å²) in [6.45, 7) is 2.23. The molecule has 0 aliphatic carbocycles. The molecule has 4 rings (SSSR count). The lowest BCUT2D eigenvalue weighted by atomic mass is 10.1. The average Bonchev–Trinajstić information content (AvgIpc) is 3.22. The first-order chi connectivity index (χ1) is 15.6. The first-order valence-corrected chi connectivity index (χ1v) is 10.2. The van der Waals surface area contributed by atoms with Gasteiger partial charge >= 0.3 is 5.69 Å². The first kappa shape index (κ1) is 24.3. The minimum absolute atomic E-state index is 0. The quantitative estimate of drug-likeness (QED) is 0.583. The number of carbonyl (C=O) groups excluding carboxylic acids is 1. The third kappa shape index (κ3) is 5.36. The molecule has 1 aromatic carbocycles. The van der Waals surface area contributed by atoms with Crippen molar-refractivity contribution in [1.29, 1.82) is 0 Å². The largest absolute Gasteiger partial charge is 0.378 e. The molecule has 11 heteroatoms. The van der Waals surface area contributed by atoms with Crippen LogP contribution in [0.4, 0.5) is 4.39 Å². The lowest BCUT2D eigenvalue weighted by Gasteiger charge is -2.26. The Balaban J connectivity index is 0.00000306. The van der Waals surface area contributed by atoms with Gasteiger partial charge in [-0.2, -0.15) is 5.10 Å². The molecule has 3 aromatic rings. The highest BCUT2D eigenvalue weighted by Crippen LogP contribution is 2.20. The van der Waals surface area contributed by atoms with Crippen LogP contribution in [-0.2, 0) is 11.3 Å². The van der Waals surface area contributed by atoms with Crippen molar-refractivity contribution in [3.63, 3.8) is 0 Å². The molecule has 1 amide bonds. The SMILES string of the molecule is Cl.NC/C(=C\F)Cn1ncn(-c2cccc(-c3ccc(C(=O)N4CCOCC4)cc3)n2)c1=O. The summed E-state index contributed by atoms with van der Waals surface area (Å²) in [6, 6.07) is 12.5. The molecule has 0 radical (unpaired) electrons. The van der Waals surface area contributed by atoms with Crippen LogP contribution < -0.4 is 11.4 Å². The van der Waals surface area contributed by atoms with Crippen LogP contribution in [-0.4, -0.2) is 63.0 Å². The lowest BCUT2D eigenvalue weighted by Crippen LogP contribution is -2.40. The molecule has 1 saturated heterocycles. The van der Waals surface area contributed by atoms with Crippen molar-refractivity contribution < 1.29 is 13.9 Å². The molecule has 1 aliphatic rings. The van der Waals surface area contributed by atoms with E-state index in [1.165, 1.54) is 10.9 Å². The zero-order valence-corrected chi connectivity index (χ0v) is 18.6. The van der Waals surface area contributed by atoms with Gasteiger partial charge in [-0.3, -0.25) is 4.79 Å². The van der Waals surface area contributed by atoms with Gasteiger partial charge in [-0.25, -0.2) is 23.4 Å². The molecule has 174 valence electrons. The Morgan fingerprint density at radius 3 is 2.55 bits per heavy atom. The van der Waals surface area contributed by atoms with Crippen LogP contribution in [0.15, 0.2) is 65.5 Å². The predicted molar refractivity (Wildman–Crippen MR) is 123 cm³/mol. The minimum Gasteiger partial charge on any atom is -0.378 e. The van der Waals surface area contributed by atoms with Crippen LogP contribution in [0.5, 0.6) is 0 Å². The van der Waals surface area contributed by atoms with Crippen LogP contribution in [0.3, 0.4) is 0 Å². The molecule has 1 fully saturated rings. The maximum atomic E-state index is 12.8. The van der Waals surface area contributed by atoms with Crippen LogP contribution in [0.1, 0.15) is 10.4 Å². The summed E-state index contributed by atoms with van der Waals surface area (Å²) in [7, 11) is 0. The van der Waals surface area contributed by atoms with E-state index in [4.69, 9.17) is 10.5 Å². The number of halogens is 2. The van der Waals surface area contributed by atoms with Crippen molar-refractivity contribution in [2.45, 2.75) is 6.54 Å². The second kappa shape index (κ2) is 11.0. The van der Waals surface area contributed by atoms with Crippen LogP contribution >= 0.6 is 12.4 Å². The molecule has 0 atom stereocenters. The molecule has 2 aromatic heterocycles. The van der Waals surface area contributed by atoms with Crippen molar-refractivity contribution in [1.82, 2.24) is 24.2 Å². The number of nitrogens with zero attached hydrogens (tertiary/aromatic N) is 5. The number of rotatable bonds is 6. The Morgan fingerprint density at radius 2 is 1.88 bits per heavy atom. The van der Waals surface area contributed by atoms with Crippen LogP contribution in [0.25, 0.3) is 17.1 Å². The zero-order valence-electron chi connectivity index (χ0n) is 17.8. The number of nitrogens with two attached hydrogens (primary N) is 1. The molecule has 0 spiro atoms. The Hall–Kier alpha value is -3.34. The third-order valence-electron chi connectivity index (χ3n) is 5.21. The number of benzene rings is 1. The van der Waals surface area contributed by atoms with E-state index in [-0.39, 0.29) is 37.0 Å². The van der Waals surface area contributed by atoms with Gasteiger partial charge in [0, 0.05) is 30.8 Å². The van der Waals surface area contributed by atoms with Gasteiger partial charge in [-0.15, -0.1) is 12.4 Å². The van der Waals surface area contributed by atoms with E-state index in [0.29, 0.717) is 49.7 Å². The summed E-state index contributed by atoms with van der Waals surface area (Å²) in [5, 5.41) is 4.02. The van der Waals surface area contributed by atoms with Crippen molar-refractivity contribution in [2.75, 3.05) is 32.8 Å². The number of aromatic nitrogens is 4. The molecule has 2 N–H and O–H groups in total. The predicted octanol–water partition coefficient (Wildman–Crippen LogP) is 1.80. The molecular formula is C22H24ClFN6O3. The summed E-state index contributed by atoms with van der Waals surface area (Å²) in [6.07, 6.45) is 1.72.